The summed E-state index contributed by atoms with van der Waals surface area (Å²) in [5.41, 5.74) is -1.17. The van der Waals surface area contributed by atoms with Crippen LogP contribution in [0.2, 0.25) is 0 Å². The predicted molar refractivity (Wildman–Crippen MR) is 71.6 cm³/mol. The van der Waals surface area contributed by atoms with E-state index in [9.17, 15) is 18.3 Å². The van der Waals surface area contributed by atoms with Gasteiger partial charge in [-0.25, -0.2) is 0 Å². The second-order valence-corrected chi connectivity index (χ2v) is 5.29. The van der Waals surface area contributed by atoms with Crippen molar-refractivity contribution in [3.63, 3.8) is 0 Å². The van der Waals surface area contributed by atoms with Crippen molar-refractivity contribution in [2.75, 3.05) is 0 Å². The molecule has 2 aromatic rings. The number of rotatable bonds is 1. The van der Waals surface area contributed by atoms with Gasteiger partial charge in [0.1, 0.15) is 5.60 Å². The fraction of sp³-hybridized carbons (Fsp3) is 0.312. The molecule has 1 N–H and O–H groups in total. The van der Waals surface area contributed by atoms with Gasteiger partial charge in [0.2, 0.25) is 0 Å². The summed E-state index contributed by atoms with van der Waals surface area (Å²) in [6.45, 7) is 0. The molecule has 0 bridgehead atoms. The van der Waals surface area contributed by atoms with Gasteiger partial charge < -0.3 is 5.11 Å². The molecule has 0 amide bonds. The smallest absolute Gasteiger partial charge is 0.380 e. The van der Waals surface area contributed by atoms with Crippen molar-refractivity contribution in [1.29, 1.82) is 0 Å². The van der Waals surface area contributed by atoms with E-state index in [4.69, 9.17) is 0 Å². The number of aliphatic hydroxyl groups is 1. The Morgan fingerprint density at radius 2 is 1.86 bits per heavy atom. The molecule has 5 heteroatoms. The lowest BCUT2D eigenvalue weighted by atomic mass is 9.74. The molecule has 1 aliphatic carbocycles. The van der Waals surface area contributed by atoms with Crippen LogP contribution in [0.5, 0.6) is 0 Å². The Morgan fingerprint density at radius 1 is 1.10 bits per heavy atom. The third-order valence-corrected chi connectivity index (χ3v) is 4.02. The minimum absolute atomic E-state index is 0.162. The summed E-state index contributed by atoms with van der Waals surface area (Å²) in [4.78, 5) is 3.79. The van der Waals surface area contributed by atoms with Crippen LogP contribution in [-0.4, -0.2) is 10.1 Å². The first-order valence-electron chi connectivity index (χ1n) is 6.75. The number of pyridine rings is 1. The number of benzene rings is 1. The largest absolute Gasteiger partial charge is 0.416 e. The number of alkyl halides is 3. The zero-order chi connectivity index (χ0) is 15.1. The van der Waals surface area contributed by atoms with Crippen molar-refractivity contribution < 1.29 is 18.3 Å². The Balaban J connectivity index is 2.22. The van der Waals surface area contributed by atoms with Gasteiger partial charge in [0.15, 0.2) is 0 Å². The molecular weight excluding hydrogens is 279 g/mol. The van der Waals surface area contributed by atoms with Crippen LogP contribution in [0.15, 0.2) is 42.7 Å². The van der Waals surface area contributed by atoms with Gasteiger partial charge in [-0.15, -0.1) is 0 Å². The number of nitrogens with zero attached hydrogens (tertiary/aromatic N) is 1. The summed E-state index contributed by atoms with van der Waals surface area (Å²) in [7, 11) is 0. The summed E-state index contributed by atoms with van der Waals surface area (Å²) < 4.78 is 39.6. The summed E-state index contributed by atoms with van der Waals surface area (Å²) >= 11 is 0. The van der Waals surface area contributed by atoms with Crippen molar-refractivity contribution in [2.45, 2.75) is 31.0 Å². The molecule has 1 atom stereocenters. The van der Waals surface area contributed by atoms with E-state index >= 15 is 0 Å². The van der Waals surface area contributed by atoms with Gasteiger partial charge >= 0.3 is 6.18 Å². The first-order valence-corrected chi connectivity index (χ1v) is 6.75. The fourth-order valence-electron chi connectivity index (χ4n) is 3.06. The first kappa shape index (κ1) is 14.1. The maximum absolute atomic E-state index is 13.2. The van der Waals surface area contributed by atoms with Gasteiger partial charge in [0, 0.05) is 18.0 Å². The van der Waals surface area contributed by atoms with Gasteiger partial charge in [0.05, 0.1) is 5.56 Å². The molecule has 1 aromatic carbocycles. The molecule has 1 aliphatic rings. The van der Waals surface area contributed by atoms with Gasteiger partial charge in [-0.3, -0.25) is 4.98 Å². The number of aryl methyl sites for hydroxylation is 1. The highest BCUT2D eigenvalue weighted by Crippen LogP contribution is 2.44. The molecule has 110 valence electrons. The zero-order valence-corrected chi connectivity index (χ0v) is 11.2. The Bertz CT molecular complexity index is 669. The van der Waals surface area contributed by atoms with E-state index in [0.717, 1.165) is 30.4 Å². The van der Waals surface area contributed by atoms with Crippen molar-refractivity contribution >= 4 is 0 Å². The lowest BCUT2D eigenvalue weighted by Crippen LogP contribution is -2.34. The van der Waals surface area contributed by atoms with Gasteiger partial charge in [-0.05, 0) is 36.5 Å². The van der Waals surface area contributed by atoms with E-state index in [1.54, 1.807) is 12.1 Å². The maximum atomic E-state index is 13.2. The molecule has 0 fully saturated rings. The van der Waals surface area contributed by atoms with E-state index < -0.39 is 17.3 Å². The van der Waals surface area contributed by atoms with Crippen LogP contribution in [0, 0.1) is 0 Å². The quantitative estimate of drug-likeness (QED) is 0.870. The monoisotopic (exact) mass is 293 g/mol. The molecule has 0 aliphatic heterocycles. The molecule has 21 heavy (non-hydrogen) atoms. The molecular formula is C16H14F3NO. The number of fused-ring (bicyclic) bond motifs is 1. The molecule has 1 aromatic heterocycles. The molecule has 0 saturated carbocycles. The van der Waals surface area contributed by atoms with Crippen molar-refractivity contribution in [3.8, 4) is 0 Å². The van der Waals surface area contributed by atoms with E-state index in [1.165, 1.54) is 0 Å². The Labute approximate surface area is 120 Å². The molecule has 0 spiro atoms. The Kier molecular flexibility index (Phi) is 3.24. The predicted octanol–water partition coefficient (Wildman–Crippen LogP) is 3.67. The third kappa shape index (κ3) is 2.31. The highest BCUT2D eigenvalue weighted by molar-refractivity contribution is 5.45. The third-order valence-electron chi connectivity index (χ3n) is 4.02. The van der Waals surface area contributed by atoms with Crippen LogP contribution in [0.1, 0.15) is 35.1 Å². The van der Waals surface area contributed by atoms with Crippen LogP contribution in [0.3, 0.4) is 0 Å². The first-order chi connectivity index (χ1) is 9.93. The lowest BCUT2D eigenvalue weighted by Gasteiger charge is -2.36. The molecule has 0 saturated heterocycles. The zero-order valence-electron chi connectivity index (χ0n) is 11.2. The van der Waals surface area contributed by atoms with Crippen molar-refractivity contribution in [1.82, 2.24) is 4.98 Å². The van der Waals surface area contributed by atoms with Crippen LogP contribution < -0.4 is 0 Å². The van der Waals surface area contributed by atoms with Crippen molar-refractivity contribution in [3.05, 3.63) is 65.0 Å². The van der Waals surface area contributed by atoms with E-state index in [2.05, 4.69) is 4.98 Å². The van der Waals surface area contributed by atoms with E-state index in [1.807, 2.05) is 12.1 Å². The minimum atomic E-state index is -4.51. The van der Waals surface area contributed by atoms with Gasteiger partial charge in [-0.2, -0.15) is 13.2 Å². The summed E-state index contributed by atoms with van der Waals surface area (Å²) in [6.07, 6.45) is -0.617. The number of hydrogen-bond donors (Lipinski definition) is 1. The number of hydrogen-bond acceptors (Lipinski definition) is 2. The topological polar surface area (TPSA) is 33.1 Å². The summed E-state index contributed by atoms with van der Waals surface area (Å²) in [6, 6.07) is 8.03. The molecule has 0 radical (unpaired) electrons. The lowest BCUT2D eigenvalue weighted by molar-refractivity contribution is -0.140. The van der Waals surface area contributed by atoms with Crippen LogP contribution >= 0.6 is 0 Å². The fourth-order valence-corrected chi connectivity index (χ4v) is 3.06. The van der Waals surface area contributed by atoms with E-state index in [-0.39, 0.29) is 12.0 Å². The molecule has 1 unspecified atom stereocenters. The van der Waals surface area contributed by atoms with E-state index in [0.29, 0.717) is 12.0 Å². The van der Waals surface area contributed by atoms with Gasteiger partial charge in [-0.1, -0.05) is 24.3 Å². The second kappa shape index (κ2) is 4.84. The van der Waals surface area contributed by atoms with Crippen LogP contribution in [-0.2, 0) is 18.2 Å². The SMILES string of the molecule is OC1(c2cnccc2C(F)(F)F)CCCc2ccccc21. The second-order valence-electron chi connectivity index (χ2n) is 5.29. The standard InChI is InChI=1S/C16H14F3NO/c17-16(18,19)13-7-9-20-10-14(13)15(21)8-3-5-11-4-1-2-6-12(11)15/h1-2,4,6-7,9-10,21H,3,5,8H2. The average molecular weight is 293 g/mol. The maximum Gasteiger partial charge on any atom is 0.416 e. The van der Waals surface area contributed by atoms with Gasteiger partial charge in [0.25, 0.3) is 0 Å². The van der Waals surface area contributed by atoms with Crippen LogP contribution in [0.25, 0.3) is 0 Å². The normalized spacial score (nSPS) is 21.9. The highest BCUT2D eigenvalue weighted by atomic mass is 19.4. The Morgan fingerprint density at radius 3 is 2.62 bits per heavy atom. The average Bonchev–Trinajstić information content (AvgIpc) is 2.47. The van der Waals surface area contributed by atoms with Crippen molar-refractivity contribution in [2.24, 2.45) is 0 Å². The highest BCUT2D eigenvalue weighted by Gasteiger charge is 2.43. The minimum Gasteiger partial charge on any atom is -0.380 e. The summed E-state index contributed by atoms with van der Waals surface area (Å²) in [5, 5.41) is 11.0. The number of aromatic nitrogens is 1. The molecule has 2 nitrogen and oxygen atoms in total. The molecule has 3 rings (SSSR count). The Hall–Kier alpha value is -1.88. The van der Waals surface area contributed by atoms with Crippen LogP contribution in [0.4, 0.5) is 13.2 Å². The summed E-state index contributed by atoms with van der Waals surface area (Å²) in [5.74, 6) is 0. The molecule has 1 heterocycles. The number of halogens is 3.